The first-order valence-corrected chi connectivity index (χ1v) is 9.39. The third kappa shape index (κ3) is 5.02. The Bertz CT molecular complexity index is 783. The van der Waals surface area contributed by atoms with E-state index in [1.165, 1.54) is 0 Å². The number of Topliss-reactive ketones (excluding diaryl/α,β-unsaturated/α-hetero) is 1. The first kappa shape index (κ1) is 18.8. The standard InChI is InChI=1S/C18H17BrClN3O3/c19-13-9-21-18(22-10-13)26-15-7-8-23(11-15)17(25)6-5-16(24)12-1-3-14(20)4-2-12/h1-4,9-10,15H,5-8,11H2/t15-/m0/s1. The van der Waals surface area contributed by atoms with E-state index >= 15 is 0 Å². The minimum atomic E-state index is -0.132. The number of halogens is 2. The molecule has 0 N–H and O–H groups in total. The Kier molecular flexibility index (Phi) is 6.21. The van der Waals surface area contributed by atoms with Crippen LogP contribution in [0.5, 0.6) is 6.01 Å². The van der Waals surface area contributed by atoms with E-state index in [9.17, 15) is 9.59 Å². The lowest BCUT2D eigenvalue weighted by atomic mass is 10.1. The summed E-state index contributed by atoms with van der Waals surface area (Å²) in [6, 6.07) is 6.98. The van der Waals surface area contributed by atoms with Crippen LogP contribution in [-0.2, 0) is 4.79 Å². The SMILES string of the molecule is O=C(CCC(=O)N1CC[C@H](Oc2ncc(Br)cn2)C1)c1ccc(Cl)cc1. The first-order chi connectivity index (χ1) is 12.5. The van der Waals surface area contributed by atoms with Gasteiger partial charge in [-0.15, -0.1) is 0 Å². The third-order valence-electron chi connectivity index (χ3n) is 4.10. The molecule has 1 amide bonds. The lowest BCUT2D eigenvalue weighted by Crippen LogP contribution is -2.31. The Morgan fingerprint density at radius 1 is 1.19 bits per heavy atom. The number of ether oxygens (including phenoxy) is 1. The number of hydrogen-bond donors (Lipinski definition) is 0. The quantitative estimate of drug-likeness (QED) is 0.645. The van der Waals surface area contributed by atoms with Crippen LogP contribution in [0.2, 0.25) is 5.02 Å². The van der Waals surface area contributed by atoms with Gasteiger partial charge in [0.2, 0.25) is 5.91 Å². The largest absolute Gasteiger partial charge is 0.458 e. The second kappa shape index (κ2) is 8.60. The number of rotatable bonds is 6. The van der Waals surface area contributed by atoms with Gasteiger partial charge >= 0.3 is 6.01 Å². The van der Waals surface area contributed by atoms with E-state index in [1.54, 1.807) is 41.6 Å². The van der Waals surface area contributed by atoms with E-state index in [1.807, 2.05) is 0 Å². The number of amides is 1. The number of carbonyl (C=O) groups is 2. The summed E-state index contributed by atoms with van der Waals surface area (Å²) in [4.78, 5) is 34.4. The van der Waals surface area contributed by atoms with Crippen molar-refractivity contribution in [3.63, 3.8) is 0 Å². The van der Waals surface area contributed by atoms with Crippen molar-refractivity contribution in [3.8, 4) is 6.01 Å². The summed E-state index contributed by atoms with van der Waals surface area (Å²) in [6.07, 6.45) is 4.18. The van der Waals surface area contributed by atoms with Crippen molar-refractivity contribution in [1.29, 1.82) is 0 Å². The fourth-order valence-corrected chi connectivity index (χ4v) is 3.05. The van der Waals surface area contributed by atoms with Crippen LogP contribution in [0.15, 0.2) is 41.1 Å². The van der Waals surface area contributed by atoms with Gasteiger partial charge in [-0.05, 0) is 40.2 Å². The molecule has 0 spiro atoms. The van der Waals surface area contributed by atoms with Crippen LogP contribution in [0.4, 0.5) is 0 Å². The molecule has 8 heteroatoms. The van der Waals surface area contributed by atoms with Crippen molar-refractivity contribution >= 4 is 39.2 Å². The molecule has 3 rings (SSSR count). The van der Waals surface area contributed by atoms with Crippen LogP contribution in [0.25, 0.3) is 0 Å². The summed E-state index contributed by atoms with van der Waals surface area (Å²) in [7, 11) is 0. The Morgan fingerprint density at radius 3 is 2.58 bits per heavy atom. The summed E-state index contributed by atoms with van der Waals surface area (Å²) >= 11 is 9.08. The van der Waals surface area contributed by atoms with Crippen molar-refractivity contribution in [2.24, 2.45) is 0 Å². The van der Waals surface area contributed by atoms with E-state index in [0.717, 1.165) is 10.9 Å². The van der Waals surface area contributed by atoms with Gasteiger partial charge in [0.15, 0.2) is 5.78 Å². The van der Waals surface area contributed by atoms with Crippen molar-refractivity contribution in [2.75, 3.05) is 13.1 Å². The second-order valence-corrected chi connectivity index (χ2v) is 7.33. The Morgan fingerprint density at radius 2 is 1.88 bits per heavy atom. The maximum atomic E-state index is 12.3. The molecule has 0 saturated carbocycles. The van der Waals surface area contributed by atoms with Crippen LogP contribution >= 0.6 is 27.5 Å². The molecule has 0 aliphatic carbocycles. The fourth-order valence-electron chi connectivity index (χ4n) is 2.72. The van der Waals surface area contributed by atoms with E-state index in [4.69, 9.17) is 16.3 Å². The van der Waals surface area contributed by atoms with Gasteiger partial charge in [-0.25, -0.2) is 9.97 Å². The summed E-state index contributed by atoms with van der Waals surface area (Å²) in [5.41, 5.74) is 0.567. The predicted molar refractivity (Wildman–Crippen MR) is 100 cm³/mol. The summed E-state index contributed by atoms with van der Waals surface area (Å²) < 4.78 is 6.48. The molecule has 1 atom stereocenters. The van der Waals surface area contributed by atoms with Crippen molar-refractivity contribution in [1.82, 2.24) is 14.9 Å². The summed E-state index contributed by atoms with van der Waals surface area (Å²) in [5.74, 6) is -0.111. The van der Waals surface area contributed by atoms with Gasteiger partial charge in [-0.2, -0.15) is 0 Å². The first-order valence-electron chi connectivity index (χ1n) is 8.22. The minimum Gasteiger partial charge on any atom is -0.458 e. The number of nitrogens with zero attached hydrogens (tertiary/aromatic N) is 3. The molecule has 136 valence electrons. The Balaban J connectivity index is 1.46. The zero-order valence-corrected chi connectivity index (χ0v) is 16.2. The molecule has 0 unspecified atom stereocenters. The molecule has 1 aromatic carbocycles. The van der Waals surface area contributed by atoms with Crippen LogP contribution in [0.1, 0.15) is 29.6 Å². The van der Waals surface area contributed by atoms with Gasteiger partial charge < -0.3 is 9.64 Å². The fraction of sp³-hybridized carbons (Fsp3) is 0.333. The number of hydrogen-bond acceptors (Lipinski definition) is 5. The topological polar surface area (TPSA) is 72.4 Å². The van der Waals surface area contributed by atoms with Gasteiger partial charge in [-0.1, -0.05) is 11.6 Å². The minimum absolute atomic E-state index is 0.0462. The zero-order chi connectivity index (χ0) is 18.5. The average Bonchev–Trinajstić information content (AvgIpc) is 3.10. The monoisotopic (exact) mass is 437 g/mol. The number of benzene rings is 1. The molecule has 1 aromatic heterocycles. The molecule has 0 bridgehead atoms. The maximum absolute atomic E-state index is 12.3. The van der Waals surface area contributed by atoms with Gasteiger partial charge in [0, 0.05) is 48.8 Å². The van der Waals surface area contributed by atoms with Gasteiger partial charge in [-0.3, -0.25) is 9.59 Å². The van der Waals surface area contributed by atoms with Gasteiger partial charge in [0.05, 0.1) is 11.0 Å². The van der Waals surface area contributed by atoms with Crippen LogP contribution < -0.4 is 4.74 Å². The summed E-state index contributed by atoms with van der Waals surface area (Å²) in [6.45, 7) is 1.09. The predicted octanol–water partition coefficient (Wildman–Crippen LogP) is 3.54. The van der Waals surface area contributed by atoms with Crippen LogP contribution in [0, 0.1) is 0 Å². The molecular weight excluding hydrogens is 422 g/mol. The lowest BCUT2D eigenvalue weighted by molar-refractivity contribution is -0.130. The maximum Gasteiger partial charge on any atom is 0.316 e. The lowest BCUT2D eigenvalue weighted by Gasteiger charge is -2.16. The van der Waals surface area contributed by atoms with Crippen molar-refractivity contribution in [2.45, 2.75) is 25.4 Å². The van der Waals surface area contributed by atoms with Crippen LogP contribution in [0.3, 0.4) is 0 Å². The molecule has 1 aliphatic heterocycles. The highest BCUT2D eigenvalue weighted by atomic mass is 79.9. The summed E-state index contributed by atoms with van der Waals surface area (Å²) in [5, 5.41) is 0.579. The molecule has 6 nitrogen and oxygen atoms in total. The van der Waals surface area contributed by atoms with E-state index in [-0.39, 0.29) is 30.6 Å². The zero-order valence-electron chi connectivity index (χ0n) is 13.9. The van der Waals surface area contributed by atoms with E-state index in [2.05, 4.69) is 25.9 Å². The molecule has 1 aliphatic rings. The van der Waals surface area contributed by atoms with E-state index in [0.29, 0.717) is 29.7 Å². The molecule has 26 heavy (non-hydrogen) atoms. The van der Waals surface area contributed by atoms with Gasteiger partial charge in [0.1, 0.15) is 6.10 Å². The molecule has 1 saturated heterocycles. The average molecular weight is 439 g/mol. The van der Waals surface area contributed by atoms with Crippen molar-refractivity contribution in [3.05, 3.63) is 51.7 Å². The highest BCUT2D eigenvalue weighted by Crippen LogP contribution is 2.18. The Labute approximate surface area is 164 Å². The second-order valence-electron chi connectivity index (χ2n) is 5.98. The number of aromatic nitrogens is 2. The highest BCUT2D eigenvalue weighted by molar-refractivity contribution is 9.10. The molecule has 2 heterocycles. The molecule has 1 fully saturated rings. The van der Waals surface area contributed by atoms with Crippen LogP contribution in [-0.4, -0.2) is 45.8 Å². The third-order valence-corrected chi connectivity index (χ3v) is 4.76. The van der Waals surface area contributed by atoms with E-state index < -0.39 is 0 Å². The smallest absolute Gasteiger partial charge is 0.316 e. The molecule has 0 radical (unpaired) electrons. The normalized spacial score (nSPS) is 16.5. The van der Waals surface area contributed by atoms with Gasteiger partial charge in [0.25, 0.3) is 0 Å². The number of likely N-dealkylation sites (tertiary alicyclic amines) is 1. The van der Waals surface area contributed by atoms with Crippen molar-refractivity contribution < 1.29 is 14.3 Å². The molecular formula is C18H17BrClN3O3. The highest BCUT2D eigenvalue weighted by Gasteiger charge is 2.28. The molecule has 2 aromatic rings. The Hall–Kier alpha value is -1.99. The number of carbonyl (C=O) groups excluding carboxylic acids is 2. The number of ketones is 1.